The van der Waals surface area contributed by atoms with Crippen molar-refractivity contribution in [2.24, 2.45) is 0 Å². The van der Waals surface area contributed by atoms with Crippen LogP contribution in [-0.2, 0) is 6.54 Å². The SMILES string of the molecule is CC(C[Se]c1ccccc1)N(Cc1ccccc1)C(=O)O. The van der Waals surface area contributed by atoms with Crippen molar-refractivity contribution in [1.82, 2.24) is 4.90 Å². The van der Waals surface area contributed by atoms with E-state index in [0.717, 1.165) is 10.9 Å². The van der Waals surface area contributed by atoms with Gasteiger partial charge in [0.1, 0.15) is 0 Å². The molecule has 0 heterocycles. The van der Waals surface area contributed by atoms with Gasteiger partial charge in [-0.25, -0.2) is 0 Å². The number of nitrogens with zero attached hydrogens (tertiary/aromatic N) is 1. The van der Waals surface area contributed by atoms with Crippen LogP contribution in [-0.4, -0.2) is 37.1 Å². The van der Waals surface area contributed by atoms with Crippen molar-refractivity contribution in [3.05, 3.63) is 66.2 Å². The third kappa shape index (κ3) is 4.92. The van der Waals surface area contributed by atoms with Crippen LogP contribution < -0.4 is 4.46 Å². The molecular formula is C17H19NO2Se. The van der Waals surface area contributed by atoms with Crippen molar-refractivity contribution in [2.75, 3.05) is 0 Å². The Kier molecular flexibility index (Phi) is 5.85. The number of hydrogen-bond acceptors (Lipinski definition) is 1. The molecule has 21 heavy (non-hydrogen) atoms. The van der Waals surface area contributed by atoms with E-state index in [1.165, 1.54) is 9.36 Å². The number of carboxylic acid groups (broad SMARTS) is 1. The number of carbonyl (C=O) groups is 1. The zero-order chi connectivity index (χ0) is 15.1. The summed E-state index contributed by atoms with van der Waals surface area (Å²) in [4.78, 5) is 13.0. The van der Waals surface area contributed by atoms with Crippen molar-refractivity contribution < 1.29 is 9.90 Å². The van der Waals surface area contributed by atoms with Crippen LogP contribution in [0.1, 0.15) is 12.5 Å². The molecule has 1 amide bonds. The summed E-state index contributed by atoms with van der Waals surface area (Å²) in [6.45, 7) is 2.43. The number of amides is 1. The molecule has 0 aliphatic rings. The molecule has 0 aliphatic carbocycles. The minimum atomic E-state index is -0.852. The Hall–Kier alpha value is -1.77. The third-order valence-electron chi connectivity index (χ3n) is 3.21. The number of benzene rings is 2. The van der Waals surface area contributed by atoms with E-state index in [9.17, 15) is 9.90 Å². The summed E-state index contributed by atoms with van der Waals surface area (Å²) in [6.07, 6.45) is -0.852. The molecule has 0 radical (unpaired) electrons. The van der Waals surface area contributed by atoms with Crippen LogP contribution in [0.5, 0.6) is 0 Å². The molecular weight excluding hydrogens is 329 g/mol. The third-order valence-corrected chi connectivity index (χ3v) is 5.84. The van der Waals surface area contributed by atoms with Crippen LogP contribution in [0, 0.1) is 0 Å². The fourth-order valence-corrected chi connectivity index (χ4v) is 4.04. The normalized spacial score (nSPS) is 11.9. The predicted molar refractivity (Wildman–Crippen MR) is 86.1 cm³/mol. The molecule has 0 saturated carbocycles. The quantitative estimate of drug-likeness (QED) is 0.816. The number of rotatable bonds is 6. The summed E-state index contributed by atoms with van der Waals surface area (Å²) in [5.41, 5.74) is 1.03. The summed E-state index contributed by atoms with van der Waals surface area (Å²) in [6, 6.07) is 20.0. The molecule has 0 fully saturated rings. The van der Waals surface area contributed by atoms with Crippen LogP contribution in [0.25, 0.3) is 0 Å². The van der Waals surface area contributed by atoms with Gasteiger partial charge in [-0.1, -0.05) is 0 Å². The Morgan fingerprint density at radius 3 is 2.24 bits per heavy atom. The van der Waals surface area contributed by atoms with Crippen LogP contribution in [0.15, 0.2) is 60.7 Å². The van der Waals surface area contributed by atoms with Crippen LogP contribution >= 0.6 is 0 Å². The summed E-state index contributed by atoms with van der Waals surface area (Å²) < 4.78 is 1.31. The van der Waals surface area contributed by atoms with E-state index >= 15 is 0 Å². The van der Waals surface area contributed by atoms with E-state index in [-0.39, 0.29) is 6.04 Å². The molecule has 0 saturated heterocycles. The van der Waals surface area contributed by atoms with Gasteiger partial charge in [0.05, 0.1) is 0 Å². The average Bonchev–Trinajstić information content (AvgIpc) is 2.52. The van der Waals surface area contributed by atoms with Gasteiger partial charge in [-0.2, -0.15) is 0 Å². The molecule has 0 aliphatic heterocycles. The van der Waals surface area contributed by atoms with Gasteiger partial charge in [-0.05, 0) is 0 Å². The Morgan fingerprint density at radius 1 is 1.10 bits per heavy atom. The Balaban J connectivity index is 1.96. The zero-order valence-electron chi connectivity index (χ0n) is 12.0. The topological polar surface area (TPSA) is 40.5 Å². The first-order valence-electron chi connectivity index (χ1n) is 6.88. The first-order chi connectivity index (χ1) is 10.2. The van der Waals surface area contributed by atoms with Crippen LogP contribution in [0.4, 0.5) is 4.79 Å². The summed E-state index contributed by atoms with van der Waals surface area (Å²) >= 11 is 0.297. The van der Waals surface area contributed by atoms with Gasteiger partial charge in [0.15, 0.2) is 0 Å². The van der Waals surface area contributed by atoms with E-state index in [2.05, 4.69) is 12.1 Å². The first-order valence-corrected chi connectivity index (χ1v) is 8.95. The standard InChI is InChI=1S/C17H19NO2Se/c1-14(13-21-16-10-6-3-7-11-16)18(17(19)20)12-15-8-4-2-5-9-15/h2-11,14H,12-13H2,1H3,(H,19,20). The Morgan fingerprint density at radius 2 is 1.67 bits per heavy atom. The van der Waals surface area contributed by atoms with Crippen molar-refractivity contribution in [1.29, 1.82) is 0 Å². The maximum atomic E-state index is 11.5. The molecule has 2 aromatic rings. The van der Waals surface area contributed by atoms with Gasteiger partial charge in [-0.3, -0.25) is 0 Å². The first kappa shape index (κ1) is 15.6. The minimum absolute atomic E-state index is 0.0166. The summed E-state index contributed by atoms with van der Waals surface area (Å²) in [7, 11) is 0. The van der Waals surface area contributed by atoms with Gasteiger partial charge >= 0.3 is 131 Å². The molecule has 110 valence electrons. The second kappa shape index (κ2) is 7.87. The fourth-order valence-electron chi connectivity index (χ4n) is 2.02. The second-order valence-electron chi connectivity index (χ2n) is 4.87. The average molecular weight is 348 g/mol. The molecule has 0 bridgehead atoms. The molecule has 2 rings (SSSR count). The van der Waals surface area contributed by atoms with Crippen molar-refractivity contribution in [2.45, 2.75) is 24.8 Å². The van der Waals surface area contributed by atoms with Crippen LogP contribution in [0.3, 0.4) is 0 Å². The Bertz CT molecular complexity index is 560. The molecule has 3 nitrogen and oxygen atoms in total. The van der Waals surface area contributed by atoms with Gasteiger partial charge in [0.25, 0.3) is 0 Å². The van der Waals surface area contributed by atoms with E-state index in [1.807, 2.05) is 55.5 Å². The zero-order valence-corrected chi connectivity index (χ0v) is 13.7. The van der Waals surface area contributed by atoms with Gasteiger partial charge < -0.3 is 0 Å². The monoisotopic (exact) mass is 349 g/mol. The maximum absolute atomic E-state index is 11.5. The van der Waals surface area contributed by atoms with Gasteiger partial charge in [-0.15, -0.1) is 0 Å². The molecule has 0 aromatic heterocycles. The molecule has 4 heteroatoms. The van der Waals surface area contributed by atoms with E-state index in [4.69, 9.17) is 0 Å². The van der Waals surface area contributed by atoms with E-state index in [1.54, 1.807) is 0 Å². The van der Waals surface area contributed by atoms with Gasteiger partial charge in [0, 0.05) is 0 Å². The number of hydrogen-bond donors (Lipinski definition) is 1. The predicted octanol–water partition coefficient (Wildman–Crippen LogP) is 3.00. The molecule has 1 unspecified atom stereocenters. The molecule has 2 aromatic carbocycles. The molecule has 1 atom stereocenters. The van der Waals surface area contributed by atoms with Crippen molar-refractivity contribution in [3.8, 4) is 0 Å². The molecule has 1 N–H and O–H groups in total. The van der Waals surface area contributed by atoms with Crippen LogP contribution in [0.2, 0.25) is 5.32 Å². The molecule has 0 spiro atoms. The summed E-state index contributed by atoms with van der Waals surface area (Å²) in [5.74, 6) is 0. The Labute approximate surface area is 131 Å². The van der Waals surface area contributed by atoms with Crippen molar-refractivity contribution >= 4 is 25.5 Å². The van der Waals surface area contributed by atoms with Gasteiger partial charge in [0.2, 0.25) is 0 Å². The fraction of sp³-hybridized carbons (Fsp3) is 0.235. The summed E-state index contributed by atoms with van der Waals surface area (Å²) in [5, 5.41) is 10.3. The second-order valence-corrected chi connectivity index (χ2v) is 7.16. The van der Waals surface area contributed by atoms with Crippen molar-refractivity contribution in [3.63, 3.8) is 0 Å². The van der Waals surface area contributed by atoms with E-state index in [0.29, 0.717) is 21.5 Å². The van der Waals surface area contributed by atoms with E-state index < -0.39 is 6.09 Å².